The van der Waals surface area contributed by atoms with E-state index in [1.165, 1.54) is 18.2 Å². The lowest BCUT2D eigenvalue weighted by atomic mass is 10.4. The van der Waals surface area contributed by atoms with Crippen LogP contribution in [0.5, 0.6) is 0 Å². The third-order valence-corrected chi connectivity index (χ3v) is 3.18. The lowest BCUT2D eigenvalue weighted by molar-refractivity contribution is -0.118. The first kappa shape index (κ1) is 13.3. The summed E-state index contributed by atoms with van der Waals surface area (Å²) in [4.78, 5) is 11.6. The molecule has 0 saturated heterocycles. The third kappa shape index (κ3) is 4.74. The van der Waals surface area contributed by atoms with Crippen LogP contribution in [0.3, 0.4) is 0 Å². The number of hydrogen-bond donors (Lipinski definition) is 1. The Kier molecular flexibility index (Phi) is 5.30. The molecule has 0 aliphatic carbocycles. The summed E-state index contributed by atoms with van der Waals surface area (Å²) >= 11 is 0. The van der Waals surface area contributed by atoms with Crippen molar-refractivity contribution in [3.63, 3.8) is 0 Å². The van der Waals surface area contributed by atoms with E-state index >= 15 is 0 Å². The Bertz CT molecular complexity index is 471. The first-order valence-electron chi connectivity index (χ1n) is 4.91. The van der Waals surface area contributed by atoms with Gasteiger partial charge in [-0.2, -0.15) is 5.26 Å². The van der Waals surface area contributed by atoms with E-state index in [0.717, 1.165) is 6.07 Å². The molecule has 0 aliphatic rings. The summed E-state index contributed by atoms with van der Waals surface area (Å²) in [5.41, 5.74) is 0. The number of hydrogen-bond acceptors (Lipinski definition) is 3. The van der Waals surface area contributed by atoms with Gasteiger partial charge in [0.15, 0.2) is 0 Å². The summed E-state index contributed by atoms with van der Waals surface area (Å²) in [7, 11) is -1.56. The number of nitriles is 1. The maximum atomic E-state index is 12.8. The zero-order chi connectivity index (χ0) is 12.7. The monoisotopic (exact) mass is 254 g/mol. The van der Waals surface area contributed by atoms with E-state index in [1.54, 1.807) is 0 Å². The van der Waals surface area contributed by atoms with Crippen molar-refractivity contribution in [2.75, 3.05) is 12.3 Å². The molecule has 0 fully saturated rings. The van der Waals surface area contributed by atoms with E-state index in [9.17, 15) is 13.4 Å². The topological polar surface area (TPSA) is 70.0 Å². The van der Waals surface area contributed by atoms with Crippen LogP contribution >= 0.6 is 0 Å². The number of nitrogens with zero attached hydrogens (tertiary/aromatic N) is 1. The minimum Gasteiger partial charge on any atom is -0.354 e. The smallest absolute Gasteiger partial charge is 0.233 e. The first-order valence-corrected chi connectivity index (χ1v) is 6.23. The van der Waals surface area contributed by atoms with Crippen LogP contribution in [0.1, 0.15) is 6.42 Å². The van der Waals surface area contributed by atoms with Gasteiger partial charge in [-0.05, 0) is 18.2 Å². The van der Waals surface area contributed by atoms with Crippen LogP contribution in [0.2, 0.25) is 0 Å². The highest BCUT2D eigenvalue weighted by atomic mass is 32.2. The molecule has 1 unspecified atom stereocenters. The van der Waals surface area contributed by atoms with Gasteiger partial charge in [0, 0.05) is 11.4 Å². The Morgan fingerprint density at radius 1 is 1.53 bits per heavy atom. The van der Waals surface area contributed by atoms with Gasteiger partial charge in [-0.3, -0.25) is 9.00 Å². The molecule has 6 heteroatoms. The van der Waals surface area contributed by atoms with Crippen LogP contribution in [0.15, 0.2) is 29.2 Å². The van der Waals surface area contributed by atoms with Gasteiger partial charge in [0.05, 0.1) is 23.3 Å². The van der Waals surface area contributed by atoms with Gasteiger partial charge in [-0.1, -0.05) is 6.07 Å². The molecule has 1 atom stereocenters. The van der Waals surface area contributed by atoms with Gasteiger partial charge in [0.1, 0.15) is 11.6 Å². The molecular formula is C11H11FN2O2S. The molecule has 0 aliphatic heterocycles. The molecule has 90 valence electrons. The molecule has 0 aromatic heterocycles. The molecule has 0 bridgehead atoms. The van der Waals surface area contributed by atoms with Crippen molar-refractivity contribution < 1.29 is 13.4 Å². The zero-order valence-corrected chi connectivity index (χ0v) is 9.80. The largest absolute Gasteiger partial charge is 0.354 e. The predicted octanol–water partition coefficient (Wildman–Crippen LogP) is 0.963. The molecule has 17 heavy (non-hydrogen) atoms. The highest BCUT2D eigenvalue weighted by molar-refractivity contribution is 7.85. The van der Waals surface area contributed by atoms with Gasteiger partial charge in [0.2, 0.25) is 5.91 Å². The van der Waals surface area contributed by atoms with E-state index in [0.29, 0.717) is 0 Å². The number of amides is 1. The van der Waals surface area contributed by atoms with Crippen molar-refractivity contribution in [1.29, 1.82) is 5.26 Å². The van der Waals surface area contributed by atoms with E-state index < -0.39 is 22.5 Å². The van der Waals surface area contributed by atoms with Gasteiger partial charge in [-0.15, -0.1) is 0 Å². The van der Waals surface area contributed by atoms with Gasteiger partial charge < -0.3 is 5.32 Å². The molecule has 0 radical (unpaired) electrons. The quantitative estimate of drug-likeness (QED) is 0.796. The highest BCUT2D eigenvalue weighted by Crippen LogP contribution is 2.08. The maximum absolute atomic E-state index is 12.8. The van der Waals surface area contributed by atoms with Crippen LogP contribution < -0.4 is 5.32 Å². The Labute approximate surface area is 101 Å². The number of benzene rings is 1. The van der Waals surface area contributed by atoms with E-state index in [2.05, 4.69) is 5.32 Å². The van der Waals surface area contributed by atoms with Gasteiger partial charge in [0.25, 0.3) is 0 Å². The maximum Gasteiger partial charge on any atom is 0.233 e. The molecule has 4 nitrogen and oxygen atoms in total. The van der Waals surface area contributed by atoms with Crippen LogP contribution in [0.25, 0.3) is 0 Å². The van der Waals surface area contributed by atoms with Crippen LogP contribution in [-0.4, -0.2) is 22.4 Å². The van der Waals surface area contributed by atoms with Crippen molar-refractivity contribution in [3.05, 3.63) is 30.1 Å². The lowest BCUT2D eigenvalue weighted by Gasteiger charge is -2.03. The molecule has 0 heterocycles. The molecule has 0 spiro atoms. The average Bonchev–Trinajstić information content (AvgIpc) is 2.29. The van der Waals surface area contributed by atoms with Crippen LogP contribution in [0, 0.1) is 17.1 Å². The molecule has 1 amide bonds. The molecular weight excluding hydrogens is 243 g/mol. The van der Waals surface area contributed by atoms with Gasteiger partial charge >= 0.3 is 0 Å². The number of nitrogens with one attached hydrogen (secondary N) is 1. The zero-order valence-electron chi connectivity index (χ0n) is 8.98. The van der Waals surface area contributed by atoms with E-state index in [1.807, 2.05) is 6.07 Å². The van der Waals surface area contributed by atoms with Crippen molar-refractivity contribution >= 4 is 16.7 Å². The third-order valence-electron chi connectivity index (χ3n) is 1.88. The molecule has 1 aromatic rings. The Hall–Kier alpha value is -1.74. The molecule has 1 aromatic carbocycles. The van der Waals surface area contributed by atoms with E-state index in [-0.39, 0.29) is 23.6 Å². The first-order chi connectivity index (χ1) is 8.13. The van der Waals surface area contributed by atoms with E-state index in [4.69, 9.17) is 5.26 Å². The van der Waals surface area contributed by atoms with Crippen molar-refractivity contribution in [1.82, 2.24) is 5.32 Å². The Morgan fingerprint density at radius 3 is 2.94 bits per heavy atom. The second-order valence-corrected chi connectivity index (χ2v) is 4.66. The second-order valence-electron chi connectivity index (χ2n) is 3.21. The minimum atomic E-state index is -1.56. The number of halogens is 1. The van der Waals surface area contributed by atoms with Crippen LogP contribution in [-0.2, 0) is 15.6 Å². The van der Waals surface area contributed by atoms with Gasteiger partial charge in [-0.25, -0.2) is 4.39 Å². The Balaban J connectivity index is 2.50. The average molecular weight is 254 g/mol. The van der Waals surface area contributed by atoms with Crippen molar-refractivity contribution in [3.8, 4) is 6.07 Å². The SMILES string of the molecule is N#CCCNC(=O)CS(=O)c1cccc(F)c1. The fourth-order valence-corrected chi connectivity index (χ4v) is 2.10. The second kappa shape index (κ2) is 6.76. The summed E-state index contributed by atoms with van der Waals surface area (Å²) in [6, 6.07) is 7.20. The van der Waals surface area contributed by atoms with Crippen molar-refractivity contribution in [2.45, 2.75) is 11.3 Å². The number of carbonyl (C=O) groups excluding carboxylic acids is 1. The normalized spacial score (nSPS) is 11.5. The van der Waals surface area contributed by atoms with Crippen molar-refractivity contribution in [2.24, 2.45) is 0 Å². The predicted molar refractivity (Wildman–Crippen MR) is 60.9 cm³/mol. The fourth-order valence-electron chi connectivity index (χ4n) is 1.12. The summed E-state index contributed by atoms with van der Waals surface area (Å²) < 4.78 is 24.5. The molecule has 1 rings (SSSR count). The van der Waals surface area contributed by atoms with Crippen LogP contribution in [0.4, 0.5) is 4.39 Å². The highest BCUT2D eigenvalue weighted by Gasteiger charge is 2.10. The lowest BCUT2D eigenvalue weighted by Crippen LogP contribution is -2.29. The number of rotatable bonds is 5. The standard InChI is InChI=1S/C11H11FN2O2S/c12-9-3-1-4-10(7-9)17(16)8-11(15)14-6-2-5-13/h1,3-4,7H,2,6,8H2,(H,14,15). The summed E-state index contributed by atoms with van der Waals surface area (Å²) in [6.07, 6.45) is 0.207. The summed E-state index contributed by atoms with van der Waals surface area (Å²) in [6.45, 7) is 0.232. The summed E-state index contributed by atoms with van der Waals surface area (Å²) in [5.74, 6) is -1.13. The molecule has 0 saturated carbocycles. The fraction of sp³-hybridized carbons (Fsp3) is 0.273. The summed E-state index contributed by atoms with van der Waals surface area (Å²) in [5, 5.41) is 10.7. The Morgan fingerprint density at radius 2 is 2.29 bits per heavy atom. The number of carbonyl (C=O) groups is 1. The molecule has 1 N–H and O–H groups in total. The minimum absolute atomic E-state index is 0.207.